The van der Waals surface area contributed by atoms with Gasteiger partial charge < -0.3 is 0 Å². The summed E-state index contributed by atoms with van der Waals surface area (Å²) in [5.74, 6) is -1.98. The lowest BCUT2D eigenvalue weighted by atomic mass is 10.0. The Labute approximate surface area is 108 Å². The first-order chi connectivity index (χ1) is 8.49. The van der Waals surface area contributed by atoms with E-state index in [1.807, 2.05) is 0 Å². The summed E-state index contributed by atoms with van der Waals surface area (Å²) >= 11 is 6.06. The van der Waals surface area contributed by atoms with Crippen LogP contribution < -0.4 is 0 Å². The molecule has 0 N–H and O–H groups in total. The van der Waals surface area contributed by atoms with Gasteiger partial charge in [0, 0.05) is 17.2 Å². The van der Waals surface area contributed by atoms with Crippen LogP contribution in [0.15, 0.2) is 36.4 Å². The van der Waals surface area contributed by atoms with Crippen LogP contribution in [0.1, 0.15) is 22.1 Å². The first kappa shape index (κ1) is 13.0. The third-order valence-electron chi connectivity index (χ3n) is 2.66. The topological polar surface area (TPSA) is 0 Å². The Balaban J connectivity index is 2.47. The Kier molecular flexibility index (Phi) is 3.62. The van der Waals surface area contributed by atoms with Crippen molar-refractivity contribution in [1.82, 2.24) is 0 Å². The van der Waals surface area contributed by atoms with Crippen LogP contribution in [-0.2, 0) is 0 Å². The zero-order valence-electron chi connectivity index (χ0n) is 9.55. The van der Waals surface area contributed by atoms with E-state index < -0.39 is 22.8 Å². The molecule has 1 unspecified atom stereocenters. The van der Waals surface area contributed by atoms with Gasteiger partial charge in [0.05, 0.1) is 5.38 Å². The second-order valence-electron chi connectivity index (χ2n) is 4.05. The summed E-state index contributed by atoms with van der Waals surface area (Å²) in [6.45, 7) is 1.79. The maximum Gasteiger partial charge on any atom is 0.131 e. The van der Waals surface area contributed by atoms with Crippen molar-refractivity contribution in [2.75, 3.05) is 0 Å². The normalized spacial score (nSPS) is 12.5. The van der Waals surface area contributed by atoms with E-state index in [0.29, 0.717) is 0 Å². The third kappa shape index (κ3) is 2.51. The van der Waals surface area contributed by atoms with Gasteiger partial charge in [0.1, 0.15) is 17.5 Å². The molecule has 0 saturated carbocycles. The van der Waals surface area contributed by atoms with Crippen molar-refractivity contribution >= 4 is 11.6 Å². The highest BCUT2D eigenvalue weighted by Gasteiger charge is 2.19. The highest BCUT2D eigenvalue weighted by Crippen LogP contribution is 2.32. The number of hydrogen-bond acceptors (Lipinski definition) is 0. The van der Waals surface area contributed by atoms with Gasteiger partial charge >= 0.3 is 0 Å². The molecular weight excluding hydrogens is 261 g/mol. The first-order valence-electron chi connectivity index (χ1n) is 5.34. The van der Waals surface area contributed by atoms with Gasteiger partial charge in [-0.1, -0.05) is 23.8 Å². The molecule has 0 heterocycles. The average molecular weight is 271 g/mol. The van der Waals surface area contributed by atoms with Crippen LogP contribution in [0.4, 0.5) is 13.2 Å². The summed E-state index contributed by atoms with van der Waals surface area (Å²) < 4.78 is 40.0. The molecule has 0 fully saturated rings. The molecule has 0 spiro atoms. The SMILES string of the molecule is Cc1ccc(F)c(C(Cl)c2ccc(F)cc2F)c1. The molecule has 0 aliphatic heterocycles. The van der Waals surface area contributed by atoms with E-state index in [1.54, 1.807) is 19.1 Å². The number of alkyl halides is 1. The predicted molar refractivity (Wildman–Crippen MR) is 65.2 cm³/mol. The summed E-state index contributed by atoms with van der Waals surface area (Å²) in [5.41, 5.74) is 1.06. The maximum atomic E-state index is 13.6. The van der Waals surface area contributed by atoms with Crippen LogP contribution in [-0.4, -0.2) is 0 Å². The second-order valence-corrected chi connectivity index (χ2v) is 4.49. The highest BCUT2D eigenvalue weighted by atomic mass is 35.5. The van der Waals surface area contributed by atoms with Crippen LogP contribution in [0, 0.1) is 24.4 Å². The average Bonchev–Trinajstić information content (AvgIpc) is 2.31. The predicted octanol–water partition coefficient (Wildman–Crippen LogP) is 4.74. The molecule has 94 valence electrons. The smallest absolute Gasteiger partial charge is 0.131 e. The van der Waals surface area contributed by atoms with E-state index in [9.17, 15) is 13.2 Å². The third-order valence-corrected chi connectivity index (χ3v) is 3.13. The maximum absolute atomic E-state index is 13.6. The first-order valence-corrected chi connectivity index (χ1v) is 5.78. The minimum absolute atomic E-state index is 0.0579. The van der Waals surface area contributed by atoms with Gasteiger partial charge in [-0.2, -0.15) is 0 Å². The lowest BCUT2D eigenvalue weighted by molar-refractivity contribution is 0.569. The lowest BCUT2D eigenvalue weighted by Crippen LogP contribution is -2.01. The monoisotopic (exact) mass is 270 g/mol. The Morgan fingerprint density at radius 1 is 0.889 bits per heavy atom. The molecule has 0 nitrogen and oxygen atoms in total. The van der Waals surface area contributed by atoms with Crippen LogP contribution in [0.2, 0.25) is 0 Å². The number of hydrogen-bond donors (Lipinski definition) is 0. The summed E-state index contributed by atoms with van der Waals surface area (Å²) in [6, 6.07) is 7.49. The Bertz CT molecular complexity index is 581. The van der Waals surface area contributed by atoms with Gasteiger partial charge in [-0.15, -0.1) is 11.6 Å². The highest BCUT2D eigenvalue weighted by molar-refractivity contribution is 6.22. The van der Waals surface area contributed by atoms with Crippen molar-refractivity contribution in [3.63, 3.8) is 0 Å². The lowest BCUT2D eigenvalue weighted by Gasteiger charge is -2.13. The Morgan fingerprint density at radius 3 is 2.28 bits per heavy atom. The van der Waals surface area contributed by atoms with Crippen molar-refractivity contribution in [3.05, 3.63) is 70.5 Å². The number of rotatable bonds is 2. The molecule has 1 atom stereocenters. The fourth-order valence-electron chi connectivity index (χ4n) is 1.73. The van der Waals surface area contributed by atoms with Gasteiger partial charge in [0.15, 0.2) is 0 Å². The summed E-state index contributed by atoms with van der Waals surface area (Å²) in [6.07, 6.45) is 0. The van der Waals surface area contributed by atoms with Gasteiger partial charge in [-0.25, -0.2) is 13.2 Å². The van der Waals surface area contributed by atoms with Gasteiger partial charge in [-0.3, -0.25) is 0 Å². The fraction of sp³-hybridized carbons (Fsp3) is 0.143. The van der Waals surface area contributed by atoms with Crippen molar-refractivity contribution < 1.29 is 13.2 Å². The van der Waals surface area contributed by atoms with Crippen LogP contribution in [0.3, 0.4) is 0 Å². The van der Waals surface area contributed by atoms with Crippen LogP contribution in [0.25, 0.3) is 0 Å². The van der Waals surface area contributed by atoms with Crippen LogP contribution >= 0.6 is 11.6 Å². The van der Waals surface area contributed by atoms with E-state index >= 15 is 0 Å². The molecule has 0 aromatic heterocycles. The second kappa shape index (κ2) is 5.02. The standard InChI is InChI=1S/C14H10ClF3/c1-8-2-5-12(17)11(6-8)14(15)10-4-3-9(16)7-13(10)18/h2-7,14H,1H3. The molecule has 0 saturated heterocycles. The molecule has 2 aromatic carbocycles. The Hall–Kier alpha value is -1.48. The minimum Gasteiger partial charge on any atom is -0.207 e. The van der Waals surface area contributed by atoms with Crippen molar-refractivity contribution in [2.24, 2.45) is 0 Å². The van der Waals surface area contributed by atoms with Crippen LogP contribution in [0.5, 0.6) is 0 Å². The summed E-state index contributed by atoms with van der Waals surface area (Å²) in [5, 5.41) is -0.981. The van der Waals surface area contributed by atoms with Crippen molar-refractivity contribution in [2.45, 2.75) is 12.3 Å². The van der Waals surface area contributed by atoms with E-state index in [1.165, 1.54) is 12.1 Å². The van der Waals surface area contributed by atoms with Crippen molar-refractivity contribution in [3.8, 4) is 0 Å². The largest absolute Gasteiger partial charge is 0.207 e. The number of benzene rings is 2. The molecule has 0 amide bonds. The molecule has 0 aliphatic rings. The zero-order valence-corrected chi connectivity index (χ0v) is 10.3. The van der Waals surface area contributed by atoms with Gasteiger partial charge in [0.2, 0.25) is 0 Å². The van der Waals surface area contributed by atoms with Gasteiger partial charge in [-0.05, 0) is 19.1 Å². The number of halogens is 4. The molecule has 2 rings (SSSR count). The van der Waals surface area contributed by atoms with E-state index in [2.05, 4.69) is 0 Å². The van der Waals surface area contributed by atoms with E-state index in [4.69, 9.17) is 11.6 Å². The van der Waals surface area contributed by atoms with E-state index in [-0.39, 0.29) is 11.1 Å². The quantitative estimate of drug-likeness (QED) is 0.692. The Morgan fingerprint density at radius 2 is 1.61 bits per heavy atom. The van der Waals surface area contributed by atoms with Gasteiger partial charge in [0.25, 0.3) is 0 Å². The molecule has 4 heteroatoms. The molecular formula is C14H10ClF3. The summed E-state index contributed by atoms with van der Waals surface area (Å²) in [4.78, 5) is 0. The minimum atomic E-state index is -0.981. The fourth-order valence-corrected chi connectivity index (χ4v) is 2.08. The molecule has 0 aliphatic carbocycles. The molecule has 2 aromatic rings. The molecule has 0 radical (unpaired) electrons. The van der Waals surface area contributed by atoms with E-state index in [0.717, 1.165) is 17.7 Å². The molecule has 18 heavy (non-hydrogen) atoms. The van der Waals surface area contributed by atoms with Crippen molar-refractivity contribution in [1.29, 1.82) is 0 Å². The number of aryl methyl sites for hydroxylation is 1. The summed E-state index contributed by atoms with van der Waals surface area (Å²) in [7, 11) is 0. The zero-order chi connectivity index (χ0) is 13.3. The molecule has 0 bridgehead atoms.